The van der Waals surface area contributed by atoms with Crippen LogP contribution in [-0.4, -0.2) is 76.1 Å². The standard InChI is InChI=1S/C15H22N4O4S/c1-3-19(2,7-10(16)20)6-4-5-9-8-24-14-11(17)13(21)18(14)12(9)15(22)23/h4-5,11,14H,3,6-8,17H2,1-2H3,(H2-,16,20,22,23)/p+1/t11-,14-,19?/m1/s1. The fraction of sp³-hybridized carbons (Fsp3) is 0.533. The van der Waals surface area contributed by atoms with Crippen LogP contribution >= 0.6 is 11.8 Å². The van der Waals surface area contributed by atoms with Crippen LogP contribution in [0.5, 0.6) is 0 Å². The first kappa shape index (κ1) is 18.5. The Hall–Kier alpha value is -1.84. The van der Waals surface area contributed by atoms with Crippen molar-refractivity contribution in [1.29, 1.82) is 0 Å². The molecule has 1 unspecified atom stereocenters. The van der Waals surface area contributed by atoms with E-state index in [9.17, 15) is 19.5 Å². The van der Waals surface area contributed by atoms with Crippen molar-refractivity contribution in [3.05, 3.63) is 23.4 Å². The van der Waals surface area contributed by atoms with Crippen LogP contribution in [0.3, 0.4) is 0 Å². The zero-order valence-corrected chi connectivity index (χ0v) is 14.6. The number of aliphatic carboxylic acids is 1. The van der Waals surface area contributed by atoms with E-state index in [2.05, 4.69) is 0 Å². The van der Waals surface area contributed by atoms with E-state index >= 15 is 0 Å². The van der Waals surface area contributed by atoms with E-state index in [0.717, 1.165) is 0 Å². The molecule has 9 heteroatoms. The van der Waals surface area contributed by atoms with Crippen LogP contribution in [-0.2, 0) is 14.4 Å². The van der Waals surface area contributed by atoms with E-state index in [1.54, 1.807) is 6.08 Å². The number of likely N-dealkylation sites (N-methyl/N-ethyl adjacent to an activating group) is 1. The molecule has 3 atom stereocenters. The highest BCUT2D eigenvalue weighted by Gasteiger charge is 2.51. The number of nitrogens with zero attached hydrogens (tertiary/aromatic N) is 2. The summed E-state index contributed by atoms with van der Waals surface area (Å²) in [5, 5.41) is 9.16. The van der Waals surface area contributed by atoms with Gasteiger partial charge in [0, 0.05) is 5.75 Å². The van der Waals surface area contributed by atoms with Gasteiger partial charge in [-0.1, -0.05) is 6.08 Å². The Morgan fingerprint density at radius 1 is 1.50 bits per heavy atom. The number of primary amides is 1. The van der Waals surface area contributed by atoms with Crippen molar-refractivity contribution in [2.24, 2.45) is 11.5 Å². The molecule has 2 aliphatic rings. The Balaban J connectivity index is 2.18. The number of amides is 2. The number of thioether (sulfide) groups is 1. The number of hydrogen-bond acceptors (Lipinski definition) is 5. The molecule has 2 rings (SSSR count). The van der Waals surface area contributed by atoms with Gasteiger partial charge in [0.05, 0.1) is 20.1 Å². The third-order valence-corrected chi connectivity index (χ3v) is 5.73. The molecular formula is C15H23N4O4S+. The summed E-state index contributed by atoms with van der Waals surface area (Å²) in [5.74, 6) is -1.40. The van der Waals surface area contributed by atoms with Gasteiger partial charge < -0.3 is 21.1 Å². The average molecular weight is 355 g/mol. The Labute approximate surface area is 144 Å². The van der Waals surface area contributed by atoms with Crippen LogP contribution in [0, 0.1) is 0 Å². The van der Waals surface area contributed by atoms with E-state index in [1.807, 2.05) is 20.0 Å². The van der Waals surface area contributed by atoms with Gasteiger partial charge in [0.2, 0.25) is 5.91 Å². The van der Waals surface area contributed by atoms with E-state index in [0.29, 0.717) is 28.9 Å². The molecule has 0 aromatic rings. The summed E-state index contributed by atoms with van der Waals surface area (Å²) >= 11 is 1.46. The minimum atomic E-state index is -1.13. The number of carboxylic acid groups (broad SMARTS) is 1. The first-order valence-electron chi connectivity index (χ1n) is 7.65. The fourth-order valence-electron chi connectivity index (χ4n) is 2.80. The molecule has 0 saturated carbocycles. The quantitative estimate of drug-likeness (QED) is 0.400. The maximum Gasteiger partial charge on any atom is 0.352 e. The number of rotatable bonds is 7. The van der Waals surface area contributed by atoms with Crippen LogP contribution in [0.25, 0.3) is 0 Å². The maximum atomic E-state index is 11.9. The van der Waals surface area contributed by atoms with Gasteiger partial charge in [0.15, 0.2) is 6.54 Å². The Bertz CT molecular complexity index is 633. The van der Waals surface area contributed by atoms with Crippen molar-refractivity contribution in [3.8, 4) is 0 Å². The zero-order chi connectivity index (χ0) is 18.1. The number of carbonyl (C=O) groups is 3. The summed E-state index contributed by atoms with van der Waals surface area (Å²) in [6, 6.07) is -0.634. The molecule has 0 aliphatic carbocycles. The zero-order valence-electron chi connectivity index (χ0n) is 13.8. The van der Waals surface area contributed by atoms with Crippen molar-refractivity contribution in [1.82, 2.24) is 4.90 Å². The Morgan fingerprint density at radius 3 is 2.71 bits per heavy atom. The lowest BCUT2D eigenvalue weighted by molar-refractivity contribution is -0.894. The molecule has 8 nitrogen and oxygen atoms in total. The van der Waals surface area contributed by atoms with Crippen molar-refractivity contribution in [2.45, 2.75) is 18.3 Å². The SMILES string of the molecule is CC[N+](C)(CC=CC1=C(C(=O)O)N2C(=O)[C@@H](N)[C@H]2SC1)CC(N)=O. The number of allylic oxidation sites excluding steroid dienone is 1. The number of carbonyl (C=O) groups excluding carboxylic acids is 2. The topological polar surface area (TPSA) is 127 Å². The second kappa shape index (κ2) is 6.96. The highest BCUT2D eigenvalue weighted by molar-refractivity contribution is 8.00. The minimum absolute atomic E-state index is 0.00213. The Kier molecular flexibility index (Phi) is 5.36. The van der Waals surface area contributed by atoms with Crippen molar-refractivity contribution < 1.29 is 24.0 Å². The normalized spacial score (nSPS) is 26.1. The molecule has 132 valence electrons. The smallest absolute Gasteiger partial charge is 0.352 e. The van der Waals surface area contributed by atoms with Gasteiger partial charge in [-0.25, -0.2) is 4.79 Å². The lowest BCUT2D eigenvalue weighted by Crippen LogP contribution is -2.68. The molecule has 0 aromatic carbocycles. The number of β-lactam (4-membered cyclic amide) rings is 1. The molecule has 1 saturated heterocycles. The van der Waals surface area contributed by atoms with Gasteiger partial charge in [-0.15, -0.1) is 11.8 Å². The maximum absolute atomic E-state index is 11.9. The first-order valence-corrected chi connectivity index (χ1v) is 8.70. The molecule has 5 N–H and O–H groups in total. The van der Waals surface area contributed by atoms with Gasteiger partial charge >= 0.3 is 5.97 Å². The summed E-state index contributed by atoms with van der Waals surface area (Å²) < 4.78 is 0.435. The van der Waals surface area contributed by atoms with Crippen LogP contribution < -0.4 is 11.5 Å². The van der Waals surface area contributed by atoms with Crippen molar-refractivity contribution in [2.75, 3.05) is 32.4 Å². The highest BCUT2D eigenvalue weighted by Crippen LogP contribution is 2.39. The molecule has 2 aliphatic heterocycles. The van der Waals surface area contributed by atoms with Crippen molar-refractivity contribution in [3.63, 3.8) is 0 Å². The van der Waals surface area contributed by atoms with Crippen LogP contribution in [0.4, 0.5) is 0 Å². The predicted molar refractivity (Wildman–Crippen MR) is 90.5 cm³/mol. The van der Waals surface area contributed by atoms with E-state index in [-0.39, 0.29) is 29.4 Å². The third kappa shape index (κ3) is 3.47. The lowest BCUT2D eigenvalue weighted by Gasteiger charge is -2.47. The predicted octanol–water partition coefficient (Wildman–Crippen LogP) is -0.924. The van der Waals surface area contributed by atoms with Gasteiger partial charge in [-0.2, -0.15) is 0 Å². The summed E-state index contributed by atoms with van der Waals surface area (Å²) in [6.45, 7) is 3.42. The molecule has 0 spiro atoms. The number of nitrogens with two attached hydrogens (primary N) is 2. The highest BCUT2D eigenvalue weighted by atomic mass is 32.2. The van der Waals surface area contributed by atoms with Gasteiger partial charge in [-0.05, 0) is 18.6 Å². The Morgan fingerprint density at radius 2 is 2.17 bits per heavy atom. The monoisotopic (exact) mass is 355 g/mol. The van der Waals surface area contributed by atoms with Crippen molar-refractivity contribution >= 4 is 29.5 Å². The average Bonchev–Trinajstić information content (AvgIpc) is 2.52. The largest absolute Gasteiger partial charge is 0.477 e. The van der Waals surface area contributed by atoms with Crippen LogP contribution in [0.2, 0.25) is 0 Å². The van der Waals surface area contributed by atoms with Crippen LogP contribution in [0.15, 0.2) is 23.4 Å². The summed E-state index contributed by atoms with van der Waals surface area (Å²) in [6.07, 6.45) is 3.55. The fourth-order valence-corrected chi connectivity index (χ4v) is 4.06. The molecular weight excluding hydrogens is 332 g/mol. The first-order chi connectivity index (χ1) is 11.2. The number of fused-ring (bicyclic) bond motifs is 1. The second-order valence-electron chi connectivity index (χ2n) is 6.26. The van der Waals surface area contributed by atoms with E-state index in [1.165, 1.54) is 16.7 Å². The molecule has 24 heavy (non-hydrogen) atoms. The minimum Gasteiger partial charge on any atom is -0.477 e. The summed E-state index contributed by atoms with van der Waals surface area (Å²) in [7, 11) is 1.91. The molecule has 0 bridgehead atoms. The lowest BCUT2D eigenvalue weighted by atomic mass is 10.0. The van der Waals surface area contributed by atoms with E-state index in [4.69, 9.17) is 11.5 Å². The number of hydrogen-bond donors (Lipinski definition) is 3. The third-order valence-electron chi connectivity index (χ3n) is 4.41. The van der Waals surface area contributed by atoms with Gasteiger partial charge in [0.1, 0.15) is 17.1 Å². The van der Waals surface area contributed by atoms with Crippen LogP contribution in [0.1, 0.15) is 6.92 Å². The van der Waals surface area contributed by atoms with E-state index < -0.39 is 12.0 Å². The molecule has 2 heterocycles. The summed E-state index contributed by atoms with van der Waals surface area (Å²) in [5.41, 5.74) is 11.6. The molecule has 0 aromatic heterocycles. The second-order valence-corrected chi connectivity index (χ2v) is 7.36. The number of carboxylic acids is 1. The molecule has 1 fully saturated rings. The van der Waals surface area contributed by atoms with Gasteiger partial charge in [0.25, 0.3) is 5.91 Å². The number of quaternary nitrogens is 1. The summed E-state index contributed by atoms with van der Waals surface area (Å²) in [4.78, 5) is 35.9. The van der Waals surface area contributed by atoms with Gasteiger partial charge in [-0.3, -0.25) is 14.5 Å². The molecule has 0 radical (unpaired) electrons. The molecule has 2 amide bonds.